The molecule has 2 amide bonds. The lowest BCUT2D eigenvalue weighted by Gasteiger charge is -2.10. The Hall–Kier alpha value is -2.09. The zero-order valence-corrected chi connectivity index (χ0v) is 16.5. The minimum atomic E-state index is -0.250. The number of rotatable bonds is 7. The van der Waals surface area contributed by atoms with E-state index in [1.54, 1.807) is 12.1 Å². The van der Waals surface area contributed by atoms with Gasteiger partial charge in [0.25, 0.3) is 5.91 Å². The molecule has 0 fully saturated rings. The first-order valence-electron chi connectivity index (χ1n) is 8.67. The molecule has 0 bridgehead atoms. The molecule has 136 valence electrons. The molecule has 0 saturated heterocycles. The van der Waals surface area contributed by atoms with E-state index in [0.717, 1.165) is 22.2 Å². The Morgan fingerprint density at radius 2 is 1.85 bits per heavy atom. The van der Waals surface area contributed by atoms with Gasteiger partial charge in [-0.25, -0.2) is 0 Å². The number of hydrogen-bond acceptors (Lipinski definition) is 3. The van der Waals surface area contributed by atoms with E-state index in [-0.39, 0.29) is 18.4 Å². The van der Waals surface area contributed by atoms with Gasteiger partial charge in [0.1, 0.15) is 12.4 Å². The highest BCUT2D eigenvalue weighted by Gasteiger charge is 2.12. The van der Waals surface area contributed by atoms with Crippen LogP contribution in [0, 0.1) is 3.57 Å². The summed E-state index contributed by atoms with van der Waals surface area (Å²) in [6, 6.07) is 13.4. The van der Waals surface area contributed by atoms with Gasteiger partial charge in [-0.05, 0) is 77.2 Å². The maximum absolute atomic E-state index is 12.1. The molecule has 6 heteroatoms. The van der Waals surface area contributed by atoms with Crippen LogP contribution in [0.2, 0.25) is 0 Å². The molecule has 1 aliphatic rings. The van der Waals surface area contributed by atoms with Crippen LogP contribution in [0.25, 0.3) is 0 Å². The molecule has 26 heavy (non-hydrogen) atoms. The number of hydrogen-bond donors (Lipinski definition) is 2. The fraction of sp³-hybridized carbons (Fsp3) is 0.300. The van der Waals surface area contributed by atoms with Crippen LogP contribution in [-0.2, 0) is 17.6 Å². The van der Waals surface area contributed by atoms with Gasteiger partial charge >= 0.3 is 0 Å². The molecular weight excluding hydrogens is 443 g/mol. The summed E-state index contributed by atoms with van der Waals surface area (Å²) in [5.74, 6) is 0.355. The van der Waals surface area contributed by atoms with E-state index in [2.05, 4.69) is 45.4 Å². The van der Waals surface area contributed by atoms with Crippen LogP contribution in [-0.4, -0.2) is 31.5 Å². The first-order valence-corrected chi connectivity index (χ1v) is 9.75. The predicted molar refractivity (Wildman–Crippen MR) is 108 cm³/mol. The molecular formula is C20H21IN2O3. The Kier molecular flexibility index (Phi) is 6.49. The lowest BCUT2D eigenvalue weighted by molar-refractivity contribution is -0.120. The minimum Gasteiger partial charge on any atom is -0.492 e. The summed E-state index contributed by atoms with van der Waals surface area (Å²) in [7, 11) is 0. The maximum atomic E-state index is 12.1. The molecule has 2 N–H and O–H groups in total. The monoisotopic (exact) mass is 464 g/mol. The molecule has 0 heterocycles. The average Bonchev–Trinajstić information content (AvgIpc) is 3.11. The topological polar surface area (TPSA) is 67.4 Å². The van der Waals surface area contributed by atoms with Crippen molar-refractivity contribution in [2.45, 2.75) is 19.3 Å². The van der Waals surface area contributed by atoms with Crippen LogP contribution in [0.15, 0.2) is 42.5 Å². The summed E-state index contributed by atoms with van der Waals surface area (Å²) >= 11 is 2.10. The number of amides is 2. The van der Waals surface area contributed by atoms with Crippen LogP contribution < -0.4 is 15.4 Å². The van der Waals surface area contributed by atoms with E-state index in [0.29, 0.717) is 18.7 Å². The molecule has 1 aliphatic carbocycles. The van der Waals surface area contributed by atoms with Crippen LogP contribution in [0.5, 0.6) is 5.75 Å². The van der Waals surface area contributed by atoms with Gasteiger partial charge in [0, 0.05) is 3.57 Å². The maximum Gasteiger partial charge on any atom is 0.252 e. The average molecular weight is 464 g/mol. The number of benzene rings is 2. The molecule has 3 rings (SSSR count). The van der Waals surface area contributed by atoms with Crippen molar-refractivity contribution in [2.75, 3.05) is 19.7 Å². The van der Waals surface area contributed by atoms with Gasteiger partial charge in [0.15, 0.2) is 0 Å². The Labute approximate surface area is 166 Å². The van der Waals surface area contributed by atoms with Crippen molar-refractivity contribution in [3.05, 3.63) is 62.7 Å². The van der Waals surface area contributed by atoms with E-state index < -0.39 is 0 Å². The van der Waals surface area contributed by atoms with Crippen molar-refractivity contribution >= 4 is 34.4 Å². The lowest BCUT2D eigenvalue weighted by Crippen LogP contribution is -2.38. The van der Waals surface area contributed by atoms with Gasteiger partial charge in [-0.15, -0.1) is 0 Å². The molecule has 0 saturated carbocycles. The largest absolute Gasteiger partial charge is 0.492 e. The van der Waals surface area contributed by atoms with Gasteiger partial charge in [-0.2, -0.15) is 0 Å². The van der Waals surface area contributed by atoms with E-state index in [1.165, 1.54) is 17.5 Å². The number of carbonyl (C=O) groups is 2. The lowest BCUT2D eigenvalue weighted by atomic mass is 10.1. The molecule has 2 aromatic rings. The van der Waals surface area contributed by atoms with Gasteiger partial charge in [0.2, 0.25) is 5.91 Å². The van der Waals surface area contributed by atoms with Gasteiger partial charge in [-0.3, -0.25) is 9.59 Å². The van der Waals surface area contributed by atoms with Crippen molar-refractivity contribution in [2.24, 2.45) is 0 Å². The number of fused-ring (bicyclic) bond motifs is 1. The second-order valence-corrected chi connectivity index (χ2v) is 7.31. The molecule has 0 aromatic heterocycles. The van der Waals surface area contributed by atoms with Crippen molar-refractivity contribution in [1.29, 1.82) is 0 Å². The fourth-order valence-corrected chi connectivity index (χ4v) is 3.59. The highest BCUT2D eigenvalue weighted by molar-refractivity contribution is 14.1. The van der Waals surface area contributed by atoms with Crippen LogP contribution >= 0.6 is 22.6 Å². The Balaban J connectivity index is 1.35. The third-order valence-electron chi connectivity index (χ3n) is 4.29. The quantitative estimate of drug-likeness (QED) is 0.489. The zero-order chi connectivity index (χ0) is 18.4. The van der Waals surface area contributed by atoms with Gasteiger partial charge < -0.3 is 15.4 Å². The van der Waals surface area contributed by atoms with E-state index in [9.17, 15) is 9.59 Å². The smallest absolute Gasteiger partial charge is 0.252 e. The van der Waals surface area contributed by atoms with E-state index >= 15 is 0 Å². The second-order valence-electron chi connectivity index (χ2n) is 6.15. The summed E-state index contributed by atoms with van der Waals surface area (Å²) in [6.45, 7) is 0.742. The normalized spacial score (nSPS) is 12.3. The fourth-order valence-electron chi connectivity index (χ4n) is 2.96. The van der Waals surface area contributed by atoms with Crippen molar-refractivity contribution in [3.8, 4) is 5.75 Å². The van der Waals surface area contributed by atoms with Gasteiger partial charge in [0.05, 0.1) is 18.7 Å². The Morgan fingerprint density at radius 1 is 1.04 bits per heavy atom. The molecule has 0 atom stereocenters. The van der Waals surface area contributed by atoms with Crippen LogP contribution in [0.4, 0.5) is 0 Å². The Bertz CT molecular complexity index is 807. The van der Waals surface area contributed by atoms with Crippen molar-refractivity contribution < 1.29 is 14.3 Å². The van der Waals surface area contributed by atoms with Crippen molar-refractivity contribution in [1.82, 2.24) is 10.6 Å². The van der Waals surface area contributed by atoms with Crippen LogP contribution in [0.3, 0.4) is 0 Å². The molecule has 0 unspecified atom stereocenters. The second kappa shape index (κ2) is 9.02. The van der Waals surface area contributed by atoms with Crippen LogP contribution in [0.1, 0.15) is 27.9 Å². The predicted octanol–water partition coefficient (Wildman–Crippen LogP) is 2.70. The van der Waals surface area contributed by atoms with E-state index in [1.807, 2.05) is 18.2 Å². The van der Waals surface area contributed by atoms with Gasteiger partial charge in [-0.1, -0.05) is 18.2 Å². The molecule has 5 nitrogen and oxygen atoms in total. The first-order chi connectivity index (χ1) is 12.6. The number of carbonyl (C=O) groups excluding carboxylic acids is 2. The third-order valence-corrected chi connectivity index (χ3v) is 5.23. The summed E-state index contributed by atoms with van der Waals surface area (Å²) < 4.78 is 6.54. The SMILES string of the molecule is O=C(CNC(=O)c1ccccc1I)NCCOc1ccc2c(c1)CCC2. The first kappa shape index (κ1) is 18.7. The van der Waals surface area contributed by atoms with Crippen molar-refractivity contribution in [3.63, 3.8) is 0 Å². The summed E-state index contributed by atoms with van der Waals surface area (Å²) in [4.78, 5) is 23.9. The third kappa shape index (κ3) is 4.97. The number of ether oxygens (including phenoxy) is 1. The highest BCUT2D eigenvalue weighted by atomic mass is 127. The standard InChI is InChI=1S/C20H21IN2O3/c21-18-7-2-1-6-17(18)20(25)23-13-19(24)22-10-11-26-16-9-8-14-4-3-5-15(14)12-16/h1-2,6-9,12H,3-5,10-11,13H2,(H,22,24)(H,23,25). The Morgan fingerprint density at radius 3 is 2.69 bits per heavy atom. The minimum absolute atomic E-state index is 0.0529. The summed E-state index contributed by atoms with van der Waals surface area (Å²) in [6.07, 6.45) is 3.48. The number of nitrogens with one attached hydrogen (secondary N) is 2. The zero-order valence-electron chi connectivity index (χ0n) is 14.4. The summed E-state index contributed by atoms with van der Waals surface area (Å²) in [5.41, 5.74) is 3.35. The van der Waals surface area contributed by atoms with E-state index in [4.69, 9.17) is 4.74 Å². The molecule has 2 aromatic carbocycles. The summed E-state index contributed by atoms with van der Waals surface area (Å²) in [5, 5.41) is 5.38. The molecule has 0 radical (unpaired) electrons. The number of halogens is 1. The molecule has 0 spiro atoms. The number of aryl methyl sites for hydroxylation is 2. The molecule has 0 aliphatic heterocycles. The highest BCUT2D eigenvalue weighted by Crippen LogP contribution is 2.25.